The minimum Gasteiger partial charge on any atom is -0.257 e. The Morgan fingerprint density at radius 1 is 1.67 bits per heavy atom. The highest BCUT2D eigenvalue weighted by Crippen LogP contribution is 1.68. The Morgan fingerprint density at radius 3 is 1.83 bits per heavy atom. The van der Waals surface area contributed by atoms with Gasteiger partial charge in [-0.2, -0.15) is 0 Å². The normalized spacial score (nSPS) is 11.0. The summed E-state index contributed by atoms with van der Waals surface area (Å²) in [5.74, 6) is 0. The summed E-state index contributed by atoms with van der Waals surface area (Å²) in [6, 6.07) is 0. The van der Waals surface area contributed by atoms with Gasteiger partial charge in [0.2, 0.25) is 0 Å². The van der Waals surface area contributed by atoms with E-state index in [4.69, 9.17) is 0 Å². The monoisotopic (exact) mass is 142 g/mol. The predicted octanol–water partition coefficient (Wildman–Crippen LogP) is -0.0101. The third-order valence-corrected chi connectivity index (χ3v) is 4.42. The van der Waals surface area contributed by atoms with Crippen molar-refractivity contribution >= 4 is 28.6 Å². The van der Waals surface area contributed by atoms with E-state index in [1.54, 1.807) is 12.5 Å². The molecule has 38 valence electrons. The first-order chi connectivity index (χ1) is 2.56. The van der Waals surface area contributed by atoms with Gasteiger partial charge < -0.3 is 0 Å². The molecule has 0 unspecified atom stereocenters. The van der Waals surface area contributed by atoms with E-state index < -0.39 is 8.49 Å². The lowest BCUT2D eigenvalue weighted by molar-refractivity contribution is 0.689. The summed E-state index contributed by atoms with van der Waals surface area (Å²) in [6.07, 6.45) is 3.26. The van der Waals surface area contributed by atoms with E-state index in [-0.39, 0.29) is 0 Å². The summed E-state index contributed by atoms with van der Waals surface area (Å²) in [5.41, 5.74) is 0. The van der Waals surface area contributed by atoms with Crippen molar-refractivity contribution in [3.05, 3.63) is 0 Å². The van der Waals surface area contributed by atoms with Crippen molar-refractivity contribution in [2.75, 3.05) is 12.5 Å². The van der Waals surface area contributed by atoms with Crippen molar-refractivity contribution in [1.29, 1.82) is 0 Å². The molecule has 0 bridgehead atoms. The zero-order valence-electron chi connectivity index (χ0n) is 3.63. The largest absolute Gasteiger partial charge is 0.257 e. The van der Waals surface area contributed by atoms with Crippen molar-refractivity contribution in [2.45, 2.75) is 0 Å². The van der Waals surface area contributed by atoms with Crippen LogP contribution in [0.25, 0.3) is 0 Å². The van der Waals surface area contributed by atoms with Gasteiger partial charge in [0.25, 0.3) is 0 Å². The van der Waals surface area contributed by atoms with Crippen molar-refractivity contribution in [3.63, 3.8) is 0 Å². The Morgan fingerprint density at radius 2 is 1.83 bits per heavy atom. The minimum absolute atomic E-state index is 0.993. The van der Waals surface area contributed by atoms with Crippen LogP contribution in [0.3, 0.4) is 0 Å². The Labute approximate surface area is 45.6 Å². The number of rotatable bonds is 0. The van der Waals surface area contributed by atoms with Gasteiger partial charge in [0.15, 0.2) is 0 Å². The molecular weight excluding hydrogens is 136 g/mol. The van der Waals surface area contributed by atoms with Crippen LogP contribution in [0.15, 0.2) is 0 Å². The average molecular weight is 142 g/mol. The second-order valence-corrected chi connectivity index (χ2v) is 7.67. The third-order valence-electron chi connectivity index (χ3n) is 0.164. The first-order valence-electron chi connectivity index (χ1n) is 1.32. The van der Waals surface area contributed by atoms with Gasteiger partial charge in [-0.3, -0.25) is 4.21 Å². The molecule has 0 rings (SSSR count). The van der Waals surface area contributed by atoms with Crippen LogP contribution in [0.4, 0.5) is 0 Å². The first-order valence-corrected chi connectivity index (χ1v) is 5.95. The molecule has 0 aromatic heterocycles. The van der Waals surface area contributed by atoms with Gasteiger partial charge in [-0.1, -0.05) is 0 Å². The molecule has 0 aromatic rings. The van der Waals surface area contributed by atoms with Crippen LogP contribution < -0.4 is 0 Å². The van der Waals surface area contributed by atoms with Crippen LogP contribution >= 0.6 is 0 Å². The highest BCUT2D eigenvalue weighted by atomic mass is 33.1. The van der Waals surface area contributed by atoms with E-state index in [1.807, 2.05) is 0 Å². The Bertz CT molecular complexity index is 150. The zero-order valence-corrected chi connectivity index (χ0v) is 6.08. The predicted molar refractivity (Wildman–Crippen MR) is 34.7 cm³/mol. The molecule has 0 spiro atoms. The van der Waals surface area contributed by atoms with E-state index in [9.17, 15) is 4.21 Å². The van der Waals surface area contributed by atoms with E-state index >= 15 is 0 Å². The fourth-order valence-corrected chi connectivity index (χ4v) is 0. The Kier molecular flexibility index (Phi) is 2.25. The summed E-state index contributed by atoms with van der Waals surface area (Å²) >= 11 is 4.43. The molecule has 0 aliphatic carbocycles. The van der Waals surface area contributed by atoms with Gasteiger partial charge >= 0.3 is 0 Å². The summed E-state index contributed by atoms with van der Waals surface area (Å²) in [5, 5.41) is 0. The topological polar surface area (TPSA) is 17.1 Å². The highest BCUT2D eigenvalue weighted by Gasteiger charge is 1.76. The first kappa shape index (κ1) is 6.59. The maximum atomic E-state index is 10.4. The molecule has 0 saturated carbocycles. The van der Waals surface area contributed by atoms with Crippen LogP contribution in [0.2, 0.25) is 0 Å². The fourth-order valence-electron chi connectivity index (χ4n) is 0. The van der Waals surface area contributed by atoms with Crippen LogP contribution in [0, 0.1) is 0 Å². The summed E-state index contributed by atoms with van der Waals surface area (Å²) in [4.78, 5) is 0. The lowest BCUT2D eigenvalue weighted by Gasteiger charge is -1.77. The lowest BCUT2D eigenvalue weighted by atomic mass is 11.9. The molecule has 0 radical (unpaired) electrons. The van der Waals surface area contributed by atoms with Crippen LogP contribution in [-0.2, 0) is 28.6 Å². The Hall–Kier alpha value is 0.590. The van der Waals surface area contributed by atoms with Gasteiger partial charge in [0, 0.05) is 21.0 Å². The van der Waals surface area contributed by atoms with Crippen molar-refractivity contribution < 1.29 is 4.21 Å². The van der Waals surface area contributed by atoms with Crippen molar-refractivity contribution in [3.8, 4) is 0 Å². The standard InChI is InChI=1S/C2H6OS3/c1-6(2,3)5-4/h1-2H3. The highest BCUT2D eigenvalue weighted by molar-refractivity contribution is 8.50. The molecule has 1 nitrogen and oxygen atoms in total. The average Bonchev–Trinajstić information content (AvgIpc) is 1.35. The molecule has 0 aliphatic heterocycles. The molecule has 0 fully saturated rings. The smallest absolute Gasteiger partial charge is 0.0255 e. The van der Waals surface area contributed by atoms with Crippen LogP contribution in [-0.4, -0.2) is 16.7 Å². The molecule has 0 aromatic carbocycles. The van der Waals surface area contributed by atoms with Crippen LogP contribution in [0.1, 0.15) is 0 Å². The van der Waals surface area contributed by atoms with Crippen molar-refractivity contribution in [2.24, 2.45) is 0 Å². The van der Waals surface area contributed by atoms with Gasteiger partial charge in [-0.25, -0.2) is 0 Å². The maximum absolute atomic E-state index is 10.4. The second kappa shape index (κ2) is 2.04. The molecular formula is C2H6OS3. The molecule has 0 heterocycles. The minimum atomic E-state index is -1.68. The molecule has 6 heavy (non-hydrogen) atoms. The van der Waals surface area contributed by atoms with Gasteiger partial charge in [0.1, 0.15) is 0 Å². The second-order valence-electron chi connectivity index (χ2n) is 1.21. The molecule has 0 amide bonds. The summed E-state index contributed by atoms with van der Waals surface area (Å²) < 4.78 is 10.4. The van der Waals surface area contributed by atoms with E-state index in [0.29, 0.717) is 0 Å². The van der Waals surface area contributed by atoms with E-state index in [1.165, 1.54) is 0 Å². The Balaban J connectivity index is 4.75. The molecule has 0 aliphatic rings. The van der Waals surface area contributed by atoms with Gasteiger partial charge in [-0.15, -0.1) is 0 Å². The molecule has 4 heteroatoms. The maximum Gasteiger partial charge on any atom is 0.0255 e. The lowest BCUT2D eigenvalue weighted by Crippen LogP contribution is -1.85. The zero-order chi connectivity index (χ0) is 5.21. The molecule has 0 N–H and O–H groups in total. The van der Waals surface area contributed by atoms with E-state index in [2.05, 4.69) is 11.2 Å². The van der Waals surface area contributed by atoms with E-state index in [0.717, 1.165) is 8.88 Å². The third kappa shape index (κ3) is 4.59. The SMILES string of the molecule is CS(C)(=O)=S=S. The number of hydrogen-bond acceptors (Lipinski definition) is 2. The van der Waals surface area contributed by atoms with Gasteiger partial charge in [-0.05, 0) is 20.1 Å². The number of hydrogen-bond donors (Lipinski definition) is 0. The fraction of sp³-hybridized carbons (Fsp3) is 1.00. The summed E-state index contributed by atoms with van der Waals surface area (Å²) in [6.45, 7) is 0. The quantitative estimate of drug-likeness (QED) is 0.473. The molecule has 0 saturated heterocycles. The van der Waals surface area contributed by atoms with Gasteiger partial charge in [0.05, 0.1) is 0 Å². The van der Waals surface area contributed by atoms with Crippen molar-refractivity contribution in [1.82, 2.24) is 0 Å². The van der Waals surface area contributed by atoms with Crippen LogP contribution in [0.5, 0.6) is 0 Å². The summed E-state index contributed by atoms with van der Waals surface area (Å²) in [7, 11) is -0.688. The molecule has 0 atom stereocenters.